The molecule has 0 saturated heterocycles. The first kappa shape index (κ1) is 40.4. The van der Waals surface area contributed by atoms with Crippen LogP contribution in [0.1, 0.15) is 233 Å². The van der Waals surface area contributed by atoms with Gasteiger partial charge in [-0.1, -0.05) is 207 Å². The number of unbranched alkanes of at least 4 members (excludes halogenated alkanes) is 29. The number of hydrogen-bond acceptors (Lipinski definition) is 2. The monoisotopic (exact) mass is 603 g/mol. The van der Waals surface area contributed by atoms with Crippen molar-refractivity contribution in [2.24, 2.45) is 0 Å². The third kappa shape index (κ3) is 25.2. The van der Waals surface area contributed by atoms with E-state index in [0.29, 0.717) is 6.17 Å². The smallest absolute Gasteiger partial charge is 0.101 e. The molecule has 0 radical (unpaired) electrons. The van der Waals surface area contributed by atoms with Crippen LogP contribution in [0.4, 0.5) is 0 Å². The normalized spacial score (nSPS) is 14.9. The summed E-state index contributed by atoms with van der Waals surface area (Å²) in [6.07, 6.45) is 52.9. The van der Waals surface area contributed by atoms with Crippen LogP contribution >= 0.6 is 0 Å². The van der Waals surface area contributed by atoms with Gasteiger partial charge >= 0.3 is 0 Å². The zero-order chi connectivity index (χ0) is 30.9. The molecule has 256 valence electrons. The Morgan fingerprint density at radius 2 is 0.535 bits per heavy atom. The minimum absolute atomic E-state index is 0.640. The van der Waals surface area contributed by atoms with E-state index in [2.05, 4.69) is 43.0 Å². The van der Waals surface area contributed by atoms with Crippen molar-refractivity contribution in [2.45, 2.75) is 239 Å². The van der Waals surface area contributed by atoms with Crippen molar-refractivity contribution in [3.05, 3.63) is 12.4 Å². The van der Waals surface area contributed by atoms with Crippen LogP contribution < -0.4 is 0 Å². The average Bonchev–Trinajstić information content (AvgIpc) is 3.40. The maximum absolute atomic E-state index is 2.72. The number of rotatable bonds is 35. The molecule has 0 amide bonds. The predicted molar refractivity (Wildman–Crippen MR) is 196 cm³/mol. The SMILES string of the molecule is CCCCCCCCCCCCCCCCN1C=CN(CCCCCCCC)C1CCCCCCCCCCCCCC. The Balaban J connectivity index is 2.17. The van der Waals surface area contributed by atoms with Crippen LogP contribution in [0.25, 0.3) is 0 Å². The summed E-state index contributed by atoms with van der Waals surface area (Å²) in [5.41, 5.74) is 0. The van der Waals surface area contributed by atoms with E-state index in [0.717, 1.165) is 0 Å². The molecule has 0 aliphatic carbocycles. The van der Waals surface area contributed by atoms with Gasteiger partial charge in [-0.25, -0.2) is 0 Å². The molecule has 0 saturated carbocycles. The Morgan fingerprint density at radius 3 is 0.814 bits per heavy atom. The highest BCUT2D eigenvalue weighted by molar-refractivity contribution is 4.97. The highest BCUT2D eigenvalue weighted by atomic mass is 15.4. The lowest BCUT2D eigenvalue weighted by Gasteiger charge is -2.33. The molecule has 0 aromatic rings. The second-order valence-electron chi connectivity index (χ2n) is 14.3. The Labute approximate surface area is 273 Å². The topological polar surface area (TPSA) is 6.48 Å². The maximum atomic E-state index is 2.72. The van der Waals surface area contributed by atoms with Gasteiger partial charge in [0.1, 0.15) is 6.17 Å². The van der Waals surface area contributed by atoms with Gasteiger partial charge in [0.25, 0.3) is 0 Å². The average molecular weight is 603 g/mol. The molecule has 1 aliphatic rings. The zero-order valence-corrected chi connectivity index (χ0v) is 30.4. The second-order valence-corrected chi connectivity index (χ2v) is 14.3. The van der Waals surface area contributed by atoms with E-state index >= 15 is 0 Å². The molecule has 1 atom stereocenters. The fourth-order valence-corrected chi connectivity index (χ4v) is 7.07. The summed E-state index contributed by atoms with van der Waals surface area (Å²) in [7, 11) is 0. The molecule has 1 heterocycles. The lowest BCUT2D eigenvalue weighted by atomic mass is 10.0. The fraction of sp³-hybridized carbons (Fsp3) is 0.951. The second kappa shape index (κ2) is 32.7. The van der Waals surface area contributed by atoms with Crippen molar-refractivity contribution in [3.63, 3.8) is 0 Å². The molecular formula is C41H82N2. The van der Waals surface area contributed by atoms with Gasteiger partial charge in [-0.3, -0.25) is 0 Å². The summed E-state index contributed by atoms with van der Waals surface area (Å²) < 4.78 is 0. The molecule has 0 aromatic heterocycles. The van der Waals surface area contributed by atoms with Crippen molar-refractivity contribution in [2.75, 3.05) is 13.1 Å². The van der Waals surface area contributed by atoms with E-state index in [1.807, 2.05) is 0 Å². The lowest BCUT2D eigenvalue weighted by Crippen LogP contribution is -2.39. The van der Waals surface area contributed by atoms with E-state index in [-0.39, 0.29) is 0 Å². The van der Waals surface area contributed by atoms with Gasteiger partial charge < -0.3 is 9.80 Å². The van der Waals surface area contributed by atoms with E-state index < -0.39 is 0 Å². The lowest BCUT2D eigenvalue weighted by molar-refractivity contribution is 0.135. The largest absolute Gasteiger partial charge is 0.356 e. The van der Waals surface area contributed by atoms with E-state index in [1.54, 1.807) is 0 Å². The van der Waals surface area contributed by atoms with Gasteiger partial charge in [-0.05, 0) is 25.7 Å². The number of hydrogen-bond donors (Lipinski definition) is 0. The first-order valence-electron chi connectivity index (χ1n) is 20.5. The highest BCUT2D eigenvalue weighted by Gasteiger charge is 2.24. The summed E-state index contributed by atoms with van der Waals surface area (Å²) in [6, 6.07) is 0. The molecule has 1 rings (SSSR count). The molecule has 1 unspecified atom stereocenters. The van der Waals surface area contributed by atoms with Gasteiger partial charge in [-0.2, -0.15) is 0 Å². The van der Waals surface area contributed by atoms with Crippen LogP contribution in [0, 0.1) is 0 Å². The molecule has 2 heteroatoms. The van der Waals surface area contributed by atoms with Crippen molar-refractivity contribution in [1.29, 1.82) is 0 Å². The van der Waals surface area contributed by atoms with Gasteiger partial charge in [0.15, 0.2) is 0 Å². The Bertz CT molecular complexity index is 558. The molecule has 0 fully saturated rings. The van der Waals surface area contributed by atoms with Gasteiger partial charge in [-0.15, -0.1) is 0 Å². The fourth-order valence-electron chi connectivity index (χ4n) is 7.07. The molecule has 43 heavy (non-hydrogen) atoms. The highest BCUT2D eigenvalue weighted by Crippen LogP contribution is 2.24. The van der Waals surface area contributed by atoms with E-state index in [9.17, 15) is 0 Å². The molecular weight excluding hydrogens is 520 g/mol. The quantitative estimate of drug-likeness (QED) is 0.0666. The zero-order valence-electron chi connectivity index (χ0n) is 30.4. The van der Waals surface area contributed by atoms with Crippen molar-refractivity contribution >= 4 is 0 Å². The van der Waals surface area contributed by atoms with Crippen LogP contribution in [0.5, 0.6) is 0 Å². The summed E-state index contributed by atoms with van der Waals surface area (Å²) in [4.78, 5) is 5.43. The first-order valence-corrected chi connectivity index (χ1v) is 20.5. The number of nitrogens with zero attached hydrogens (tertiary/aromatic N) is 2. The van der Waals surface area contributed by atoms with Crippen molar-refractivity contribution in [3.8, 4) is 0 Å². The Morgan fingerprint density at radius 1 is 0.302 bits per heavy atom. The van der Waals surface area contributed by atoms with Crippen LogP contribution in [-0.2, 0) is 0 Å². The molecule has 1 aliphatic heterocycles. The summed E-state index contributed by atoms with van der Waals surface area (Å²) in [5, 5.41) is 0. The molecule has 0 N–H and O–H groups in total. The maximum Gasteiger partial charge on any atom is 0.101 e. The Kier molecular flexibility index (Phi) is 30.7. The minimum atomic E-state index is 0.640. The van der Waals surface area contributed by atoms with Crippen molar-refractivity contribution < 1.29 is 0 Å². The third-order valence-corrected chi connectivity index (χ3v) is 10.1. The third-order valence-electron chi connectivity index (χ3n) is 10.1. The molecule has 0 bridgehead atoms. The standard InChI is InChI=1S/C41H82N2/c1-4-7-10-13-16-18-20-22-23-25-27-29-32-35-38-43-40-39-42(37-34-31-15-12-9-6-3)41(43)36-33-30-28-26-24-21-19-17-14-11-8-5-2/h39-41H,4-38H2,1-3H3. The van der Waals surface area contributed by atoms with Crippen LogP contribution in [0.3, 0.4) is 0 Å². The minimum Gasteiger partial charge on any atom is -0.356 e. The molecule has 0 spiro atoms. The Hall–Kier alpha value is -0.660. The predicted octanol–water partition coefficient (Wildman–Crippen LogP) is 14.3. The van der Waals surface area contributed by atoms with Gasteiger partial charge in [0.05, 0.1) is 0 Å². The van der Waals surface area contributed by atoms with Crippen molar-refractivity contribution in [1.82, 2.24) is 9.80 Å². The van der Waals surface area contributed by atoms with E-state index in [4.69, 9.17) is 0 Å². The van der Waals surface area contributed by atoms with Crippen LogP contribution in [0.2, 0.25) is 0 Å². The van der Waals surface area contributed by atoms with E-state index in [1.165, 1.54) is 225 Å². The molecule has 2 nitrogen and oxygen atoms in total. The summed E-state index contributed by atoms with van der Waals surface area (Å²) >= 11 is 0. The van der Waals surface area contributed by atoms with Crippen LogP contribution in [-0.4, -0.2) is 29.1 Å². The van der Waals surface area contributed by atoms with Gasteiger partial charge in [0, 0.05) is 25.5 Å². The summed E-state index contributed by atoms with van der Waals surface area (Å²) in [6.45, 7) is 9.48. The summed E-state index contributed by atoms with van der Waals surface area (Å²) in [5.74, 6) is 0. The van der Waals surface area contributed by atoms with Gasteiger partial charge in [0.2, 0.25) is 0 Å². The first-order chi connectivity index (χ1) is 21.3. The van der Waals surface area contributed by atoms with Crippen LogP contribution in [0.15, 0.2) is 12.4 Å². The molecule has 0 aromatic carbocycles.